The van der Waals surface area contributed by atoms with Crippen LogP contribution in [0.1, 0.15) is 37.0 Å². The summed E-state index contributed by atoms with van der Waals surface area (Å²) in [5.74, 6) is -0.441. The van der Waals surface area contributed by atoms with Gasteiger partial charge in [0.2, 0.25) is 0 Å². The minimum atomic E-state index is -0.707. The van der Waals surface area contributed by atoms with E-state index in [1.54, 1.807) is 0 Å². The highest BCUT2D eigenvalue weighted by molar-refractivity contribution is 6.31. The highest BCUT2D eigenvalue weighted by atomic mass is 35.5. The van der Waals surface area contributed by atoms with Crippen LogP contribution >= 0.6 is 11.6 Å². The van der Waals surface area contributed by atoms with Crippen LogP contribution in [-0.2, 0) is 4.74 Å². The number of carbonyl (C=O) groups excluding carboxylic acids is 1. The molecule has 0 spiro atoms. The Morgan fingerprint density at radius 1 is 1.42 bits per heavy atom. The average Bonchev–Trinajstić information content (AvgIpc) is 2.39. The molecule has 0 N–H and O–H groups in total. The second-order valence-electron chi connectivity index (χ2n) is 4.20. The molecule has 5 nitrogen and oxygen atoms in total. The molecule has 1 rings (SSSR count). The highest BCUT2D eigenvalue weighted by Crippen LogP contribution is 2.23. The van der Waals surface area contributed by atoms with Crippen molar-refractivity contribution in [1.82, 2.24) is 0 Å². The van der Waals surface area contributed by atoms with E-state index in [9.17, 15) is 14.9 Å². The molecule has 0 radical (unpaired) electrons. The first-order chi connectivity index (χ1) is 8.99. The molecule has 0 aliphatic carbocycles. The number of hydrogen-bond donors (Lipinski definition) is 0. The van der Waals surface area contributed by atoms with Crippen molar-refractivity contribution >= 4 is 23.3 Å². The SMILES string of the molecule is CCC(CC)COC(=O)c1cc(Cl)ccc1[N+](=O)[O-]. The van der Waals surface area contributed by atoms with Crippen LogP contribution in [0.25, 0.3) is 0 Å². The maximum atomic E-state index is 11.9. The van der Waals surface area contributed by atoms with Crippen molar-refractivity contribution in [3.05, 3.63) is 38.9 Å². The molecule has 0 aliphatic rings. The number of esters is 1. The van der Waals surface area contributed by atoms with Crippen LogP contribution in [0, 0.1) is 16.0 Å². The molecule has 0 aliphatic heterocycles. The van der Waals surface area contributed by atoms with Crippen molar-refractivity contribution in [1.29, 1.82) is 0 Å². The number of hydrogen-bond acceptors (Lipinski definition) is 4. The number of nitro benzene ring substituents is 1. The van der Waals surface area contributed by atoms with E-state index in [-0.39, 0.29) is 28.8 Å². The van der Waals surface area contributed by atoms with Gasteiger partial charge in [0.1, 0.15) is 5.56 Å². The van der Waals surface area contributed by atoms with Gasteiger partial charge in [-0.1, -0.05) is 38.3 Å². The normalized spacial score (nSPS) is 10.5. The summed E-state index contributed by atoms with van der Waals surface area (Å²) in [5.41, 5.74) is -0.401. The second-order valence-corrected chi connectivity index (χ2v) is 4.64. The summed E-state index contributed by atoms with van der Waals surface area (Å²) in [6.45, 7) is 4.27. The molecule has 0 saturated carbocycles. The number of ether oxygens (including phenoxy) is 1. The van der Waals surface area contributed by atoms with E-state index in [1.807, 2.05) is 13.8 Å². The lowest BCUT2D eigenvalue weighted by molar-refractivity contribution is -0.385. The van der Waals surface area contributed by atoms with Gasteiger partial charge < -0.3 is 4.74 Å². The fraction of sp³-hybridized carbons (Fsp3) is 0.462. The Labute approximate surface area is 116 Å². The molecule has 0 aromatic heterocycles. The van der Waals surface area contributed by atoms with Gasteiger partial charge in [0.05, 0.1) is 11.5 Å². The molecule has 0 bridgehead atoms. The maximum absolute atomic E-state index is 11.9. The molecule has 0 atom stereocenters. The van der Waals surface area contributed by atoms with E-state index in [1.165, 1.54) is 18.2 Å². The summed E-state index contributed by atoms with van der Waals surface area (Å²) >= 11 is 5.75. The molecular formula is C13H16ClNO4. The Kier molecular flexibility index (Phi) is 5.76. The summed E-state index contributed by atoms with van der Waals surface area (Å²) in [6.07, 6.45) is 1.78. The van der Waals surface area contributed by atoms with Gasteiger partial charge in [0.15, 0.2) is 0 Å². The number of carbonyl (C=O) groups is 1. The molecule has 0 saturated heterocycles. The topological polar surface area (TPSA) is 69.4 Å². The van der Waals surface area contributed by atoms with Crippen LogP contribution in [0.2, 0.25) is 5.02 Å². The van der Waals surface area contributed by atoms with Gasteiger partial charge >= 0.3 is 5.97 Å². The van der Waals surface area contributed by atoms with Crippen LogP contribution in [0.3, 0.4) is 0 Å². The minimum absolute atomic E-state index is 0.108. The van der Waals surface area contributed by atoms with E-state index in [0.717, 1.165) is 12.8 Å². The van der Waals surface area contributed by atoms with E-state index in [2.05, 4.69) is 0 Å². The quantitative estimate of drug-likeness (QED) is 0.452. The fourth-order valence-electron chi connectivity index (χ4n) is 1.63. The molecule has 1 aromatic rings. The van der Waals surface area contributed by atoms with Crippen LogP contribution < -0.4 is 0 Å². The van der Waals surface area contributed by atoms with Gasteiger partial charge in [-0.15, -0.1) is 0 Å². The molecule has 0 unspecified atom stereocenters. The zero-order chi connectivity index (χ0) is 14.4. The maximum Gasteiger partial charge on any atom is 0.345 e. The predicted octanol–water partition coefficient (Wildman–Crippen LogP) is 3.84. The first-order valence-corrected chi connectivity index (χ1v) is 6.48. The molecule has 0 amide bonds. The van der Waals surface area contributed by atoms with Crippen LogP contribution in [0.15, 0.2) is 18.2 Å². The van der Waals surface area contributed by atoms with Crippen molar-refractivity contribution in [2.45, 2.75) is 26.7 Å². The molecule has 1 aromatic carbocycles. The monoisotopic (exact) mass is 285 g/mol. The van der Waals surface area contributed by atoms with Crippen molar-refractivity contribution in [3.8, 4) is 0 Å². The number of benzene rings is 1. The van der Waals surface area contributed by atoms with Crippen molar-refractivity contribution in [3.63, 3.8) is 0 Å². The van der Waals surface area contributed by atoms with E-state index >= 15 is 0 Å². The third-order valence-electron chi connectivity index (χ3n) is 2.98. The van der Waals surface area contributed by atoms with Crippen LogP contribution in [-0.4, -0.2) is 17.5 Å². The fourth-order valence-corrected chi connectivity index (χ4v) is 1.80. The number of rotatable bonds is 6. The van der Waals surface area contributed by atoms with Crippen molar-refractivity contribution in [2.24, 2.45) is 5.92 Å². The van der Waals surface area contributed by atoms with Gasteiger partial charge in [-0.3, -0.25) is 10.1 Å². The number of nitrogens with zero attached hydrogens (tertiary/aromatic N) is 1. The molecule has 0 heterocycles. The molecule has 0 fully saturated rings. The van der Waals surface area contributed by atoms with Gasteiger partial charge in [-0.2, -0.15) is 0 Å². The first-order valence-electron chi connectivity index (χ1n) is 6.10. The van der Waals surface area contributed by atoms with Gasteiger partial charge in [-0.05, 0) is 18.1 Å². The Balaban J connectivity index is 2.87. The lowest BCUT2D eigenvalue weighted by Crippen LogP contribution is -2.14. The summed E-state index contributed by atoms with van der Waals surface area (Å²) < 4.78 is 5.12. The standard InChI is InChI=1S/C13H16ClNO4/c1-3-9(4-2)8-19-13(16)11-7-10(14)5-6-12(11)15(17)18/h5-7,9H,3-4,8H2,1-2H3. The summed E-state index contributed by atoms with van der Waals surface area (Å²) in [7, 11) is 0. The number of nitro groups is 1. The highest BCUT2D eigenvalue weighted by Gasteiger charge is 2.22. The van der Waals surface area contributed by atoms with Crippen LogP contribution in [0.5, 0.6) is 0 Å². The zero-order valence-electron chi connectivity index (χ0n) is 10.9. The summed E-state index contributed by atoms with van der Waals surface area (Å²) in [4.78, 5) is 22.1. The Morgan fingerprint density at radius 3 is 2.58 bits per heavy atom. The summed E-state index contributed by atoms with van der Waals surface area (Å²) in [5, 5.41) is 11.1. The van der Waals surface area contributed by atoms with E-state index in [4.69, 9.17) is 16.3 Å². The summed E-state index contributed by atoms with van der Waals surface area (Å²) in [6, 6.07) is 3.84. The first kappa shape index (κ1) is 15.4. The Bertz CT molecular complexity index is 472. The number of halogens is 1. The zero-order valence-corrected chi connectivity index (χ0v) is 11.6. The smallest absolute Gasteiger partial charge is 0.345 e. The van der Waals surface area contributed by atoms with Gasteiger partial charge in [-0.25, -0.2) is 4.79 Å². The molecular weight excluding hydrogens is 270 g/mol. The molecule has 19 heavy (non-hydrogen) atoms. The predicted molar refractivity (Wildman–Crippen MR) is 72.5 cm³/mol. The second kappa shape index (κ2) is 7.09. The average molecular weight is 286 g/mol. The lowest BCUT2D eigenvalue weighted by atomic mass is 10.1. The van der Waals surface area contributed by atoms with Gasteiger partial charge in [0.25, 0.3) is 5.69 Å². The Morgan fingerprint density at radius 2 is 2.05 bits per heavy atom. The minimum Gasteiger partial charge on any atom is -0.462 e. The van der Waals surface area contributed by atoms with Crippen molar-refractivity contribution < 1.29 is 14.5 Å². The van der Waals surface area contributed by atoms with Crippen molar-refractivity contribution in [2.75, 3.05) is 6.61 Å². The molecule has 6 heteroatoms. The Hall–Kier alpha value is -1.62. The van der Waals surface area contributed by atoms with Gasteiger partial charge in [0, 0.05) is 11.1 Å². The third-order valence-corrected chi connectivity index (χ3v) is 3.22. The van der Waals surface area contributed by atoms with E-state index in [0.29, 0.717) is 0 Å². The van der Waals surface area contributed by atoms with E-state index < -0.39 is 10.9 Å². The van der Waals surface area contributed by atoms with Crippen LogP contribution in [0.4, 0.5) is 5.69 Å². The lowest BCUT2D eigenvalue weighted by Gasteiger charge is -2.12. The third kappa shape index (κ3) is 4.21. The largest absolute Gasteiger partial charge is 0.462 e. The molecule has 104 valence electrons.